The Hall–Kier alpha value is -2.60. The number of fused-ring (bicyclic) bond motifs is 1. The highest BCUT2D eigenvalue weighted by Gasteiger charge is 2.51. The molecular formula is C22H17Cl2NO4. The maximum absolute atomic E-state index is 13.3. The number of hydrogen-bond donors (Lipinski definition) is 1. The SMILES string of the molecule is Cc1ccc(C(=O)CC2(O)C(=O)N(Cc3ccccc3Cl)c3ccc(Cl)cc32)o1. The molecule has 0 spiro atoms. The summed E-state index contributed by atoms with van der Waals surface area (Å²) in [7, 11) is 0. The van der Waals surface area contributed by atoms with Crippen LogP contribution in [0.25, 0.3) is 0 Å². The molecule has 0 radical (unpaired) electrons. The molecule has 1 aliphatic heterocycles. The second kappa shape index (κ2) is 7.34. The van der Waals surface area contributed by atoms with E-state index in [9.17, 15) is 14.7 Å². The zero-order valence-electron chi connectivity index (χ0n) is 15.5. The second-order valence-electron chi connectivity index (χ2n) is 7.01. The topological polar surface area (TPSA) is 70.8 Å². The first-order valence-corrected chi connectivity index (χ1v) is 9.72. The molecule has 1 N–H and O–H groups in total. The van der Waals surface area contributed by atoms with Crippen LogP contribution in [0.4, 0.5) is 5.69 Å². The Morgan fingerprint density at radius 1 is 1.14 bits per heavy atom. The van der Waals surface area contributed by atoms with Gasteiger partial charge in [-0.2, -0.15) is 0 Å². The van der Waals surface area contributed by atoms with E-state index in [0.717, 1.165) is 5.56 Å². The van der Waals surface area contributed by atoms with E-state index in [-0.39, 0.29) is 12.3 Å². The third kappa shape index (κ3) is 3.46. The van der Waals surface area contributed by atoms with Crippen molar-refractivity contribution in [1.82, 2.24) is 0 Å². The smallest absolute Gasteiger partial charge is 0.264 e. The van der Waals surface area contributed by atoms with Gasteiger partial charge in [-0.15, -0.1) is 0 Å². The zero-order chi connectivity index (χ0) is 20.8. The summed E-state index contributed by atoms with van der Waals surface area (Å²) >= 11 is 12.4. The van der Waals surface area contributed by atoms with Crippen LogP contribution < -0.4 is 4.90 Å². The van der Waals surface area contributed by atoms with Crippen LogP contribution in [0.1, 0.15) is 33.9 Å². The van der Waals surface area contributed by atoms with Crippen LogP contribution in [0, 0.1) is 6.92 Å². The molecule has 1 atom stereocenters. The first-order valence-electron chi connectivity index (χ1n) is 8.97. The maximum Gasteiger partial charge on any atom is 0.264 e. The predicted molar refractivity (Wildman–Crippen MR) is 110 cm³/mol. The van der Waals surface area contributed by atoms with Crippen LogP contribution in [0.2, 0.25) is 10.0 Å². The van der Waals surface area contributed by atoms with Gasteiger partial charge >= 0.3 is 0 Å². The minimum atomic E-state index is -2.04. The van der Waals surface area contributed by atoms with Gasteiger partial charge in [0.15, 0.2) is 11.4 Å². The van der Waals surface area contributed by atoms with Gasteiger partial charge in [0, 0.05) is 15.6 Å². The number of furan rings is 1. The highest BCUT2D eigenvalue weighted by atomic mass is 35.5. The Morgan fingerprint density at radius 2 is 1.90 bits per heavy atom. The van der Waals surface area contributed by atoms with E-state index in [1.165, 1.54) is 17.0 Å². The van der Waals surface area contributed by atoms with Crippen LogP contribution >= 0.6 is 23.2 Å². The molecule has 1 unspecified atom stereocenters. The standard InChI is InChI=1S/C22H17Cl2NO4/c1-13-6-9-20(29-13)19(26)11-22(28)16-10-15(23)7-8-18(16)25(21(22)27)12-14-4-2-3-5-17(14)24/h2-10,28H,11-12H2,1H3. The quantitative estimate of drug-likeness (QED) is 0.585. The number of nitrogens with zero attached hydrogens (tertiary/aromatic N) is 1. The highest BCUT2D eigenvalue weighted by Crippen LogP contribution is 2.45. The molecule has 0 saturated carbocycles. The number of hydrogen-bond acceptors (Lipinski definition) is 4. The molecule has 0 aliphatic carbocycles. The number of ketones is 1. The summed E-state index contributed by atoms with van der Waals surface area (Å²) in [6, 6.07) is 15.1. The zero-order valence-corrected chi connectivity index (χ0v) is 17.0. The van der Waals surface area contributed by atoms with Gasteiger partial charge in [0.1, 0.15) is 5.76 Å². The van der Waals surface area contributed by atoms with Gasteiger partial charge in [0.05, 0.1) is 18.7 Å². The molecule has 1 aliphatic rings. The largest absolute Gasteiger partial charge is 0.458 e. The van der Waals surface area contributed by atoms with Crippen LogP contribution in [0.15, 0.2) is 59.0 Å². The Bertz CT molecular complexity index is 1120. The van der Waals surface area contributed by atoms with Crippen molar-refractivity contribution in [1.29, 1.82) is 0 Å². The van der Waals surface area contributed by atoms with E-state index in [1.807, 2.05) is 6.07 Å². The van der Waals surface area contributed by atoms with E-state index in [1.54, 1.807) is 43.3 Å². The maximum atomic E-state index is 13.3. The van der Waals surface area contributed by atoms with Gasteiger partial charge in [0.25, 0.3) is 5.91 Å². The number of rotatable bonds is 5. The van der Waals surface area contributed by atoms with Crippen LogP contribution in [-0.4, -0.2) is 16.8 Å². The first-order chi connectivity index (χ1) is 13.8. The van der Waals surface area contributed by atoms with Gasteiger partial charge in [-0.05, 0) is 48.9 Å². The Morgan fingerprint density at radius 3 is 2.59 bits per heavy atom. The lowest BCUT2D eigenvalue weighted by Gasteiger charge is -2.22. The van der Waals surface area contributed by atoms with Gasteiger partial charge in [-0.3, -0.25) is 9.59 Å². The lowest BCUT2D eigenvalue weighted by Crippen LogP contribution is -2.41. The highest BCUT2D eigenvalue weighted by molar-refractivity contribution is 6.31. The number of amides is 1. The van der Waals surface area contributed by atoms with E-state index >= 15 is 0 Å². The van der Waals surface area contributed by atoms with Gasteiger partial charge < -0.3 is 14.4 Å². The van der Waals surface area contributed by atoms with Crippen LogP contribution in [-0.2, 0) is 16.9 Å². The molecule has 5 nitrogen and oxygen atoms in total. The monoisotopic (exact) mass is 429 g/mol. The molecule has 148 valence electrons. The van der Waals surface area contributed by atoms with E-state index in [4.69, 9.17) is 27.6 Å². The molecule has 1 aromatic heterocycles. The average Bonchev–Trinajstić information content (AvgIpc) is 3.20. The summed E-state index contributed by atoms with van der Waals surface area (Å²) in [6.07, 6.45) is -0.453. The average molecular weight is 430 g/mol. The van der Waals surface area contributed by atoms with Crippen molar-refractivity contribution in [2.75, 3.05) is 4.90 Å². The van der Waals surface area contributed by atoms with E-state index in [2.05, 4.69) is 0 Å². The van der Waals surface area contributed by atoms with Gasteiger partial charge in [0.2, 0.25) is 5.78 Å². The fourth-order valence-corrected chi connectivity index (χ4v) is 3.92. The number of anilines is 1. The summed E-state index contributed by atoms with van der Waals surface area (Å²) in [5.41, 5.74) is -0.538. The van der Waals surface area contributed by atoms with Crippen molar-refractivity contribution < 1.29 is 19.1 Å². The first kappa shape index (κ1) is 19.7. The molecule has 29 heavy (non-hydrogen) atoms. The Kier molecular flexibility index (Phi) is 4.99. The lowest BCUT2D eigenvalue weighted by atomic mass is 9.89. The number of Topliss-reactive ketones (excluding diaryl/α,β-unsaturated/α-hetero) is 1. The molecule has 0 bridgehead atoms. The molecule has 0 saturated heterocycles. The number of benzene rings is 2. The number of carbonyl (C=O) groups excluding carboxylic acids is 2. The van der Waals surface area contributed by atoms with Gasteiger partial charge in [-0.1, -0.05) is 41.4 Å². The Balaban J connectivity index is 1.73. The molecule has 0 fully saturated rings. The molecule has 7 heteroatoms. The van der Waals surface area contributed by atoms with Gasteiger partial charge in [-0.25, -0.2) is 0 Å². The summed E-state index contributed by atoms with van der Waals surface area (Å²) < 4.78 is 5.36. The molecule has 3 aromatic rings. The fourth-order valence-electron chi connectivity index (χ4n) is 3.55. The third-order valence-electron chi connectivity index (χ3n) is 5.01. The van der Waals surface area contributed by atoms with Crippen molar-refractivity contribution in [3.63, 3.8) is 0 Å². The van der Waals surface area contributed by atoms with Crippen molar-refractivity contribution >= 4 is 40.6 Å². The molecular weight excluding hydrogens is 413 g/mol. The van der Waals surface area contributed by atoms with Crippen molar-refractivity contribution in [3.8, 4) is 0 Å². The second-order valence-corrected chi connectivity index (χ2v) is 7.86. The number of aliphatic hydroxyl groups is 1. The van der Waals surface area contributed by atoms with E-state index < -0.39 is 23.7 Å². The predicted octanol–water partition coefficient (Wildman–Crippen LogP) is 4.90. The molecule has 4 rings (SSSR count). The summed E-state index contributed by atoms with van der Waals surface area (Å²) in [4.78, 5) is 27.4. The van der Waals surface area contributed by atoms with Crippen LogP contribution in [0.3, 0.4) is 0 Å². The Labute approximate surface area is 177 Å². The summed E-state index contributed by atoms with van der Waals surface area (Å²) in [6.45, 7) is 1.87. The molecule has 2 aromatic carbocycles. The number of halogens is 2. The fraction of sp³-hybridized carbons (Fsp3) is 0.182. The lowest BCUT2D eigenvalue weighted by molar-refractivity contribution is -0.136. The summed E-state index contributed by atoms with van der Waals surface area (Å²) in [5.74, 6) is -0.412. The van der Waals surface area contributed by atoms with Crippen molar-refractivity contribution in [3.05, 3.63) is 87.3 Å². The van der Waals surface area contributed by atoms with Crippen molar-refractivity contribution in [2.24, 2.45) is 0 Å². The molecule has 1 amide bonds. The minimum Gasteiger partial charge on any atom is -0.458 e. The van der Waals surface area contributed by atoms with Crippen LogP contribution in [0.5, 0.6) is 0 Å². The third-order valence-corrected chi connectivity index (χ3v) is 5.62. The molecule has 2 heterocycles. The summed E-state index contributed by atoms with van der Waals surface area (Å²) in [5, 5.41) is 12.2. The van der Waals surface area contributed by atoms with E-state index in [0.29, 0.717) is 27.1 Å². The number of aryl methyl sites for hydroxylation is 1. The number of carbonyl (C=O) groups is 2. The van der Waals surface area contributed by atoms with Crippen molar-refractivity contribution in [2.45, 2.75) is 25.5 Å². The minimum absolute atomic E-state index is 0.0943. The normalized spacial score (nSPS) is 18.2.